The van der Waals surface area contributed by atoms with E-state index in [2.05, 4.69) is 170 Å². The van der Waals surface area contributed by atoms with Gasteiger partial charge in [-0.1, -0.05) is 155 Å². The Bertz CT molecular complexity index is 2600. The smallest absolute Gasteiger partial charge is 0.0465 e. The fourth-order valence-electron chi connectivity index (χ4n) is 12.0. The molecule has 7 aromatic carbocycles. The summed E-state index contributed by atoms with van der Waals surface area (Å²) in [7, 11) is 0. The van der Waals surface area contributed by atoms with E-state index in [1.54, 1.807) is 0 Å². The maximum atomic E-state index is 2.51. The van der Waals surface area contributed by atoms with Crippen molar-refractivity contribution in [1.29, 1.82) is 0 Å². The van der Waals surface area contributed by atoms with E-state index in [4.69, 9.17) is 0 Å². The lowest BCUT2D eigenvalue weighted by Crippen LogP contribution is -2.17. The molecule has 3 fully saturated rings. The molecule has 0 N–H and O–H groups in total. The molecule has 3 saturated carbocycles. The molecule has 1 nitrogen and oxygen atoms in total. The van der Waals surface area contributed by atoms with Crippen molar-refractivity contribution in [2.45, 2.75) is 88.9 Å². The van der Waals surface area contributed by atoms with Gasteiger partial charge in [-0.15, -0.1) is 0 Å². The Morgan fingerprint density at radius 3 is 1.93 bits per heavy atom. The average Bonchev–Trinajstić information content (AvgIpc) is 3.97. The van der Waals surface area contributed by atoms with Crippen LogP contribution in [0.2, 0.25) is 0 Å². The number of rotatable bonds is 7. The van der Waals surface area contributed by atoms with E-state index >= 15 is 0 Å². The summed E-state index contributed by atoms with van der Waals surface area (Å²) in [4.78, 5) is 2.51. The second-order valence-electron chi connectivity index (χ2n) is 18.3. The molecule has 3 atom stereocenters. The van der Waals surface area contributed by atoms with Crippen molar-refractivity contribution in [3.63, 3.8) is 0 Å². The van der Waals surface area contributed by atoms with Gasteiger partial charge in [0.1, 0.15) is 0 Å². The molecule has 0 amide bonds. The predicted molar refractivity (Wildman–Crippen MR) is 241 cm³/mol. The highest BCUT2D eigenvalue weighted by atomic mass is 15.1. The van der Waals surface area contributed by atoms with Gasteiger partial charge >= 0.3 is 0 Å². The first-order valence-electron chi connectivity index (χ1n) is 21.9. The van der Waals surface area contributed by atoms with Crippen LogP contribution in [0.1, 0.15) is 106 Å². The molecule has 3 unspecified atom stereocenters. The van der Waals surface area contributed by atoms with Crippen LogP contribution in [-0.4, -0.2) is 0 Å². The van der Waals surface area contributed by atoms with Gasteiger partial charge in [0.15, 0.2) is 0 Å². The Morgan fingerprint density at radius 2 is 1.16 bits per heavy atom. The Hall–Kier alpha value is -5.40. The minimum Gasteiger partial charge on any atom is -0.310 e. The first kappa shape index (κ1) is 34.8. The summed E-state index contributed by atoms with van der Waals surface area (Å²) in [6.45, 7) is 4.87. The second kappa shape index (κ2) is 13.9. The maximum Gasteiger partial charge on any atom is 0.0465 e. The number of benzene rings is 7. The van der Waals surface area contributed by atoms with E-state index in [1.165, 1.54) is 141 Å². The topological polar surface area (TPSA) is 3.24 Å². The highest BCUT2D eigenvalue weighted by Gasteiger charge is 2.41. The largest absolute Gasteiger partial charge is 0.310 e. The quantitative estimate of drug-likeness (QED) is 0.157. The molecule has 0 aliphatic heterocycles. The molecule has 0 spiro atoms. The van der Waals surface area contributed by atoms with Crippen LogP contribution in [-0.2, 0) is 5.41 Å². The maximum absolute atomic E-state index is 2.51. The third kappa shape index (κ3) is 5.88. The first-order chi connectivity index (χ1) is 28.0. The zero-order chi connectivity index (χ0) is 38.1. The Balaban J connectivity index is 1.00. The molecular weight excluding hydrogens is 687 g/mol. The van der Waals surface area contributed by atoms with Gasteiger partial charge in [-0.3, -0.25) is 0 Å². The lowest BCUT2D eigenvalue weighted by Gasteiger charge is -2.29. The minimum absolute atomic E-state index is 0.182. The number of hydrogen-bond donors (Lipinski definition) is 0. The molecule has 11 rings (SSSR count). The van der Waals surface area contributed by atoms with E-state index in [-0.39, 0.29) is 5.41 Å². The van der Waals surface area contributed by atoms with Crippen LogP contribution >= 0.6 is 0 Å². The van der Waals surface area contributed by atoms with Crippen LogP contribution in [0.5, 0.6) is 0 Å². The summed E-state index contributed by atoms with van der Waals surface area (Å²) in [5, 5.41) is 2.60. The molecule has 7 aromatic rings. The van der Waals surface area contributed by atoms with E-state index in [1.807, 2.05) is 0 Å². The SMILES string of the molecule is CC1(C)c2cc(N(c3ccc(-c4ccccc4C4CCCCC4)cc3)c3ccc(C4CC5CCC4C5)cc3)ccc2-c2cccc(-c3cccc4ccccc34)c21. The van der Waals surface area contributed by atoms with Gasteiger partial charge in [-0.25, -0.2) is 0 Å². The van der Waals surface area contributed by atoms with Crippen LogP contribution in [0.3, 0.4) is 0 Å². The molecule has 1 heteroatoms. The van der Waals surface area contributed by atoms with Crippen molar-refractivity contribution in [1.82, 2.24) is 0 Å². The standard InChI is InChI=1S/C56H53N/c1-56(2)54-36-45(32-33-50(54)52-21-11-20-51(55(52)56)49-19-10-15-39-14-6-7-18-48(39)49)57(44-30-26-41(27-31-44)53-35-37-22-23-42(53)34-37)43-28-24-40(25-29-43)47-17-9-8-16-46(47)38-12-4-3-5-13-38/h6-11,14-21,24-33,36-38,42,53H,3-5,12-13,22-23,34-35H2,1-2H3. The number of nitrogens with zero attached hydrogens (tertiary/aromatic N) is 1. The van der Waals surface area contributed by atoms with Crippen LogP contribution in [0, 0.1) is 11.8 Å². The average molecular weight is 740 g/mol. The van der Waals surface area contributed by atoms with E-state index in [0.29, 0.717) is 5.92 Å². The van der Waals surface area contributed by atoms with Gasteiger partial charge in [-0.2, -0.15) is 0 Å². The van der Waals surface area contributed by atoms with Crippen molar-refractivity contribution in [3.05, 3.63) is 174 Å². The Labute approximate surface area is 339 Å². The fraction of sp³-hybridized carbons (Fsp3) is 0.286. The highest BCUT2D eigenvalue weighted by molar-refractivity contribution is 6.00. The summed E-state index contributed by atoms with van der Waals surface area (Å²) in [5.41, 5.74) is 17.4. The molecule has 4 aliphatic carbocycles. The van der Waals surface area contributed by atoms with Crippen LogP contribution in [0.25, 0.3) is 44.2 Å². The molecule has 2 bridgehead atoms. The fourth-order valence-corrected chi connectivity index (χ4v) is 12.0. The van der Waals surface area contributed by atoms with Crippen molar-refractivity contribution >= 4 is 27.8 Å². The van der Waals surface area contributed by atoms with Gasteiger partial charge in [0.25, 0.3) is 0 Å². The van der Waals surface area contributed by atoms with Crippen LogP contribution in [0.15, 0.2) is 152 Å². The molecule has 57 heavy (non-hydrogen) atoms. The second-order valence-corrected chi connectivity index (χ2v) is 18.3. The zero-order valence-corrected chi connectivity index (χ0v) is 33.6. The van der Waals surface area contributed by atoms with Gasteiger partial charge in [-0.05, 0) is 159 Å². The van der Waals surface area contributed by atoms with Crippen LogP contribution < -0.4 is 4.90 Å². The first-order valence-corrected chi connectivity index (χ1v) is 21.9. The van der Waals surface area contributed by atoms with Gasteiger partial charge in [0, 0.05) is 22.5 Å². The number of hydrogen-bond acceptors (Lipinski definition) is 1. The number of fused-ring (bicyclic) bond motifs is 6. The monoisotopic (exact) mass is 739 g/mol. The van der Waals surface area contributed by atoms with E-state index < -0.39 is 0 Å². The van der Waals surface area contributed by atoms with Gasteiger partial charge in [0.05, 0.1) is 0 Å². The van der Waals surface area contributed by atoms with Crippen molar-refractivity contribution in [2.75, 3.05) is 4.90 Å². The summed E-state index contributed by atoms with van der Waals surface area (Å²) in [5.74, 6) is 3.21. The third-order valence-corrected chi connectivity index (χ3v) is 14.8. The minimum atomic E-state index is -0.182. The highest BCUT2D eigenvalue weighted by Crippen LogP contribution is 2.55. The Morgan fingerprint density at radius 1 is 0.509 bits per heavy atom. The molecule has 0 heterocycles. The lowest BCUT2D eigenvalue weighted by atomic mass is 9.78. The van der Waals surface area contributed by atoms with E-state index in [0.717, 1.165) is 17.8 Å². The third-order valence-electron chi connectivity index (χ3n) is 14.8. The number of anilines is 3. The summed E-state index contributed by atoms with van der Waals surface area (Å²) >= 11 is 0. The summed E-state index contributed by atoms with van der Waals surface area (Å²) in [6, 6.07) is 58.1. The predicted octanol–water partition coefficient (Wildman–Crippen LogP) is 15.9. The lowest BCUT2D eigenvalue weighted by molar-refractivity contribution is 0.420. The van der Waals surface area contributed by atoms with Crippen LogP contribution in [0.4, 0.5) is 17.1 Å². The molecule has 0 aromatic heterocycles. The molecule has 282 valence electrons. The van der Waals surface area contributed by atoms with E-state index in [9.17, 15) is 0 Å². The van der Waals surface area contributed by atoms with Crippen molar-refractivity contribution in [3.8, 4) is 33.4 Å². The normalized spacial score (nSPS) is 20.8. The zero-order valence-electron chi connectivity index (χ0n) is 33.6. The summed E-state index contributed by atoms with van der Waals surface area (Å²) < 4.78 is 0. The molecule has 0 saturated heterocycles. The molecular formula is C56H53N. The van der Waals surface area contributed by atoms with Gasteiger partial charge in [0.2, 0.25) is 0 Å². The van der Waals surface area contributed by atoms with Crippen molar-refractivity contribution < 1.29 is 0 Å². The molecule has 4 aliphatic rings. The molecule has 0 radical (unpaired) electrons. The summed E-state index contributed by atoms with van der Waals surface area (Å²) in [6.07, 6.45) is 12.4. The Kier molecular flexibility index (Phi) is 8.50. The van der Waals surface area contributed by atoms with Gasteiger partial charge < -0.3 is 4.90 Å². The van der Waals surface area contributed by atoms with Crippen molar-refractivity contribution in [2.24, 2.45) is 11.8 Å².